The summed E-state index contributed by atoms with van der Waals surface area (Å²) in [7, 11) is 0. The lowest BCUT2D eigenvalue weighted by Gasteiger charge is -2.28. The highest BCUT2D eigenvalue weighted by Gasteiger charge is 2.34. The van der Waals surface area contributed by atoms with Crippen LogP contribution >= 0.6 is 12.2 Å². The third kappa shape index (κ3) is 3.35. The van der Waals surface area contributed by atoms with Gasteiger partial charge in [0.25, 0.3) is 11.8 Å². The molecule has 2 amide bonds. The molecule has 3 aromatic rings. The summed E-state index contributed by atoms with van der Waals surface area (Å²) in [4.78, 5) is 26.5. The number of benzene rings is 2. The quantitative estimate of drug-likeness (QED) is 0.417. The number of rotatable bonds is 3. The van der Waals surface area contributed by atoms with Crippen LogP contribution in [-0.2, 0) is 9.59 Å². The predicted molar refractivity (Wildman–Crippen MR) is 107 cm³/mol. The zero-order valence-electron chi connectivity index (χ0n) is 14.4. The van der Waals surface area contributed by atoms with Gasteiger partial charge in [-0.1, -0.05) is 18.2 Å². The summed E-state index contributed by atoms with van der Waals surface area (Å²) in [5.74, 6) is -0.676. The molecule has 2 heterocycles. The highest BCUT2D eigenvalue weighted by atomic mass is 32.1. The van der Waals surface area contributed by atoms with Gasteiger partial charge in [-0.15, -0.1) is 0 Å². The van der Waals surface area contributed by atoms with Crippen molar-refractivity contribution in [2.24, 2.45) is 0 Å². The monoisotopic (exact) mass is 392 g/mol. The van der Waals surface area contributed by atoms with E-state index >= 15 is 0 Å². The number of hydrogen-bond donors (Lipinski definition) is 1. The van der Waals surface area contributed by atoms with Crippen molar-refractivity contribution in [1.29, 1.82) is 0 Å². The minimum absolute atomic E-state index is 0.0183. The van der Waals surface area contributed by atoms with Crippen molar-refractivity contribution in [3.63, 3.8) is 0 Å². The number of anilines is 1. The normalized spacial score (nSPS) is 15.8. The van der Waals surface area contributed by atoms with Crippen molar-refractivity contribution in [3.8, 4) is 11.3 Å². The van der Waals surface area contributed by atoms with E-state index in [2.05, 4.69) is 5.32 Å². The Bertz CT molecular complexity index is 1100. The Labute approximate surface area is 165 Å². The molecule has 0 saturated carbocycles. The van der Waals surface area contributed by atoms with Crippen LogP contribution in [0.5, 0.6) is 0 Å². The molecule has 4 rings (SSSR count). The van der Waals surface area contributed by atoms with Crippen LogP contribution < -0.4 is 10.2 Å². The number of carbonyl (C=O) groups is 2. The van der Waals surface area contributed by atoms with E-state index < -0.39 is 11.8 Å². The highest BCUT2D eigenvalue weighted by Crippen LogP contribution is 2.26. The van der Waals surface area contributed by atoms with Crippen LogP contribution in [0.3, 0.4) is 0 Å². The number of halogens is 1. The number of nitrogens with one attached hydrogen (secondary N) is 1. The SMILES string of the molecule is O=C1NC(=S)N(c2ccccc2)C(=O)/C1=C\c1ccc(-c2ccc(F)cc2)o1. The maximum atomic E-state index is 13.1. The molecule has 0 aliphatic carbocycles. The van der Waals surface area contributed by atoms with Crippen LogP contribution in [-0.4, -0.2) is 16.9 Å². The van der Waals surface area contributed by atoms with Crippen LogP contribution in [0.2, 0.25) is 0 Å². The van der Waals surface area contributed by atoms with E-state index in [-0.39, 0.29) is 16.5 Å². The molecule has 0 radical (unpaired) electrons. The van der Waals surface area contributed by atoms with Crippen molar-refractivity contribution >= 4 is 40.9 Å². The fourth-order valence-corrected chi connectivity index (χ4v) is 3.09. The molecule has 7 heteroatoms. The van der Waals surface area contributed by atoms with E-state index in [0.717, 1.165) is 0 Å². The number of amides is 2. The Morgan fingerprint density at radius 1 is 0.964 bits per heavy atom. The molecule has 28 heavy (non-hydrogen) atoms. The zero-order valence-corrected chi connectivity index (χ0v) is 15.2. The van der Waals surface area contributed by atoms with Gasteiger partial charge in [-0.05, 0) is 66.8 Å². The lowest BCUT2D eigenvalue weighted by molar-refractivity contribution is -0.122. The summed E-state index contributed by atoms with van der Waals surface area (Å²) < 4.78 is 18.8. The van der Waals surface area contributed by atoms with Gasteiger partial charge in [-0.2, -0.15) is 0 Å². The van der Waals surface area contributed by atoms with Crippen molar-refractivity contribution in [1.82, 2.24) is 5.32 Å². The first kappa shape index (κ1) is 17.8. The second-order valence-corrected chi connectivity index (χ2v) is 6.39. The number of furan rings is 1. The Kier molecular flexibility index (Phi) is 4.58. The number of carbonyl (C=O) groups excluding carboxylic acids is 2. The first-order valence-corrected chi connectivity index (χ1v) is 8.76. The van der Waals surface area contributed by atoms with E-state index in [9.17, 15) is 14.0 Å². The largest absolute Gasteiger partial charge is 0.457 e. The van der Waals surface area contributed by atoms with Crippen LogP contribution in [0.15, 0.2) is 76.7 Å². The average Bonchev–Trinajstić information content (AvgIpc) is 3.15. The van der Waals surface area contributed by atoms with E-state index in [1.807, 2.05) is 6.07 Å². The van der Waals surface area contributed by atoms with Crippen LogP contribution in [0, 0.1) is 5.82 Å². The number of hydrogen-bond acceptors (Lipinski definition) is 4. The molecule has 0 unspecified atom stereocenters. The lowest BCUT2D eigenvalue weighted by Crippen LogP contribution is -2.54. The van der Waals surface area contributed by atoms with Crippen LogP contribution in [0.1, 0.15) is 5.76 Å². The third-order valence-corrected chi connectivity index (χ3v) is 4.44. The first-order chi connectivity index (χ1) is 13.5. The lowest BCUT2D eigenvalue weighted by atomic mass is 10.1. The molecule has 5 nitrogen and oxygen atoms in total. The maximum Gasteiger partial charge on any atom is 0.270 e. The molecule has 1 aromatic heterocycles. The van der Waals surface area contributed by atoms with Crippen molar-refractivity contribution in [2.75, 3.05) is 4.90 Å². The molecule has 1 aliphatic heterocycles. The van der Waals surface area contributed by atoms with Gasteiger partial charge in [-0.3, -0.25) is 19.8 Å². The van der Waals surface area contributed by atoms with E-state index in [4.69, 9.17) is 16.6 Å². The van der Waals surface area contributed by atoms with E-state index in [0.29, 0.717) is 22.8 Å². The smallest absolute Gasteiger partial charge is 0.270 e. The molecule has 1 fully saturated rings. The van der Waals surface area contributed by atoms with Crippen molar-refractivity contribution in [3.05, 3.63) is 83.9 Å². The van der Waals surface area contributed by atoms with Crippen LogP contribution in [0.25, 0.3) is 17.4 Å². The molecule has 1 N–H and O–H groups in total. The fraction of sp³-hybridized carbons (Fsp3) is 0. The summed E-state index contributed by atoms with van der Waals surface area (Å²) >= 11 is 5.15. The second-order valence-electron chi connectivity index (χ2n) is 6.00. The van der Waals surface area contributed by atoms with Crippen molar-refractivity contribution < 1.29 is 18.4 Å². The fourth-order valence-electron chi connectivity index (χ4n) is 2.81. The van der Waals surface area contributed by atoms with Gasteiger partial charge >= 0.3 is 0 Å². The molecule has 138 valence electrons. The van der Waals surface area contributed by atoms with Gasteiger partial charge in [0.1, 0.15) is 22.9 Å². The van der Waals surface area contributed by atoms with Gasteiger partial charge < -0.3 is 4.42 Å². The summed E-state index contributed by atoms with van der Waals surface area (Å²) in [6.07, 6.45) is 1.36. The maximum absolute atomic E-state index is 13.1. The molecule has 0 spiro atoms. The molecule has 2 aromatic carbocycles. The molecule has 0 bridgehead atoms. The van der Waals surface area contributed by atoms with E-state index in [1.165, 1.54) is 23.1 Å². The Morgan fingerprint density at radius 2 is 1.68 bits per heavy atom. The molecular weight excluding hydrogens is 379 g/mol. The molecule has 1 aliphatic rings. The number of para-hydroxylation sites is 1. The molecular formula is C21H13FN2O3S. The van der Waals surface area contributed by atoms with Gasteiger partial charge in [0.05, 0.1) is 5.69 Å². The summed E-state index contributed by atoms with van der Waals surface area (Å²) in [6.45, 7) is 0. The standard InChI is InChI=1S/C21H13FN2O3S/c22-14-8-6-13(7-9-14)18-11-10-16(27-18)12-17-19(25)23-21(28)24(20(17)26)15-4-2-1-3-5-15/h1-12H,(H,23,25,28)/b17-12-. The number of nitrogens with zero attached hydrogens (tertiary/aromatic N) is 1. The number of thiocarbonyl (C=S) groups is 1. The minimum Gasteiger partial charge on any atom is -0.457 e. The minimum atomic E-state index is -0.595. The Balaban J connectivity index is 1.67. The van der Waals surface area contributed by atoms with E-state index in [1.54, 1.807) is 48.5 Å². The topological polar surface area (TPSA) is 62.6 Å². The van der Waals surface area contributed by atoms with Gasteiger partial charge in [0.15, 0.2) is 5.11 Å². The van der Waals surface area contributed by atoms with Gasteiger partial charge in [0.2, 0.25) is 0 Å². The van der Waals surface area contributed by atoms with Gasteiger partial charge in [-0.25, -0.2) is 4.39 Å². The summed E-state index contributed by atoms with van der Waals surface area (Å²) in [5.41, 5.74) is 1.13. The second kappa shape index (κ2) is 7.21. The predicted octanol–water partition coefficient (Wildman–Crippen LogP) is 3.92. The average molecular weight is 392 g/mol. The Hall–Kier alpha value is -3.58. The zero-order chi connectivity index (χ0) is 19.7. The Morgan fingerprint density at radius 3 is 2.39 bits per heavy atom. The third-order valence-electron chi connectivity index (χ3n) is 4.16. The van der Waals surface area contributed by atoms with Crippen molar-refractivity contribution in [2.45, 2.75) is 0 Å². The van der Waals surface area contributed by atoms with Crippen LogP contribution in [0.4, 0.5) is 10.1 Å². The summed E-state index contributed by atoms with van der Waals surface area (Å²) in [5, 5.41) is 2.54. The van der Waals surface area contributed by atoms with Gasteiger partial charge in [0, 0.05) is 5.56 Å². The molecule has 1 saturated heterocycles. The first-order valence-electron chi connectivity index (χ1n) is 8.35. The highest BCUT2D eigenvalue weighted by molar-refractivity contribution is 7.80. The summed E-state index contributed by atoms with van der Waals surface area (Å²) in [6, 6.07) is 17.9. The molecule has 0 atom stereocenters.